The molecule has 0 saturated carbocycles. The van der Waals surface area contributed by atoms with Gasteiger partial charge in [0.05, 0.1) is 6.07 Å². The number of nitrogens with zero attached hydrogens (tertiary/aromatic N) is 2. The molecule has 1 atom stereocenters. The molecule has 1 aromatic carbocycles. The van der Waals surface area contributed by atoms with Crippen LogP contribution in [-0.2, 0) is 4.79 Å². The summed E-state index contributed by atoms with van der Waals surface area (Å²) in [5.41, 5.74) is 1.53. The van der Waals surface area contributed by atoms with Gasteiger partial charge in [0.15, 0.2) is 0 Å². The first-order valence-corrected chi connectivity index (χ1v) is 7.89. The van der Waals surface area contributed by atoms with Crippen LogP contribution in [0.3, 0.4) is 0 Å². The van der Waals surface area contributed by atoms with E-state index in [1.165, 1.54) is 0 Å². The van der Waals surface area contributed by atoms with Crippen molar-refractivity contribution in [1.29, 1.82) is 5.26 Å². The van der Waals surface area contributed by atoms with Crippen LogP contribution in [0, 0.1) is 22.7 Å². The second kappa shape index (κ2) is 5.94. The van der Waals surface area contributed by atoms with Gasteiger partial charge in [-0.25, -0.2) is 0 Å². The molecule has 2 aliphatic heterocycles. The highest BCUT2D eigenvalue weighted by atomic mass is 16.2. The summed E-state index contributed by atoms with van der Waals surface area (Å²) < 4.78 is 0. The predicted molar refractivity (Wildman–Crippen MR) is 85.4 cm³/mol. The lowest BCUT2D eigenvalue weighted by atomic mass is 9.66. The van der Waals surface area contributed by atoms with E-state index in [9.17, 15) is 10.1 Å². The summed E-state index contributed by atoms with van der Waals surface area (Å²) in [5.74, 6) is -0.743. The summed E-state index contributed by atoms with van der Waals surface area (Å²) in [7, 11) is 0. The summed E-state index contributed by atoms with van der Waals surface area (Å²) >= 11 is 0. The molecular formula is C18H21N3O. The first kappa shape index (κ1) is 14.8. The van der Waals surface area contributed by atoms with E-state index >= 15 is 0 Å². The average Bonchev–Trinajstić information content (AvgIpc) is 2.56. The van der Waals surface area contributed by atoms with Gasteiger partial charge in [-0.15, -0.1) is 0 Å². The Morgan fingerprint density at radius 3 is 2.59 bits per heavy atom. The van der Waals surface area contributed by atoms with E-state index in [0.29, 0.717) is 0 Å². The molecule has 1 unspecified atom stereocenters. The van der Waals surface area contributed by atoms with E-state index in [4.69, 9.17) is 0 Å². The van der Waals surface area contributed by atoms with Gasteiger partial charge in [-0.3, -0.25) is 4.79 Å². The number of allylic oxidation sites excluding steroid dienone is 1. The third kappa shape index (κ3) is 2.53. The van der Waals surface area contributed by atoms with Crippen LogP contribution in [0.15, 0.2) is 36.4 Å². The molecule has 0 aliphatic carbocycles. The fraction of sp³-hybridized carbons (Fsp3) is 0.444. The number of nitrogens with one attached hydrogen (secondary N) is 1. The fourth-order valence-corrected chi connectivity index (χ4v) is 3.55. The van der Waals surface area contributed by atoms with Crippen LogP contribution in [0.2, 0.25) is 0 Å². The van der Waals surface area contributed by atoms with Crippen molar-refractivity contribution in [3.8, 4) is 6.07 Å². The smallest absolute Gasteiger partial charge is 0.242 e. The second-order valence-corrected chi connectivity index (χ2v) is 6.14. The topological polar surface area (TPSA) is 56.1 Å². The highest BCUT2D eigenvalue weighted by molar-refractivity contribution is 5.93. The molecule has 22 heavy (non-hydrogen) atoms. The SMILES string of the molecule is CCN1CCC2(C=C(c3ccccc3)NC(=O)C2C#N)CC1. The van der Waals surface area contributed by atoms with Crippen molar-refractivity contribution in [3.63, 3.8) is 0 Å². The lowest BCUT2D eigenvalue weighted by Crippen LogP contribution is -2.50. The van der Waals surface area contributed by atoms with Crippen molar-refractivity contribution in [2.24, 2.45) is 11.3 Å². The van der Waals surface area contributed by atoms with Crippen molar-refractivity contribution in [2.45, 2.75) is 19.8 Å². The molecule has 1 N–H and O–H groups in total. The number of carbonyl (C=O) groups excluding carboxylic acids is 1. The Bertz CT molecular complexity index is 621. The molecule has 0 bridgehead atoms. The average molecular weight is 295 g/mol. The Morgan fingerprint density at radius 2 is 2.00 bits per heavy atom. The molecule has 1 aromatic rings. The third-order valence-corrected chi connectivity index (χ3v) is 4.97. The molecule has 1 amide bonds. The van der Waals surface area contributed by atoms with Gasteiger partial charge >= 0.3 is 0 Å². The van der Waals surface area contributed by atoms with Crippen molar-refractivity contribution < 1.29 is 4.79 Å². The highest BCUT2D eigenvalue weighted by Gasteiger charge is 2.46. The minimum Gasteiger partial charge on any atom is -0.325 e. The normalized spacial score (nSPS) is 24.5. The van der Waals surface area contributed by atoms with Gasteiger partial charge in [0.2, 0.25) is 5.91 Å². The molecule has 4 heteroatoms. The van der Waals surface area contributed by atoms with Gasteiger partial charge in [0, 0.05) is 11.1 Å². The van der Waals surface area contributed by atoms with Crippen LogP contribution < -0.4 is 5.32 Å². The summed E-state index contributed by atoms with van der Waals surface area (Å²) in [5, 5.41) is 12.4. The van der Waals surface area contributed by atoms with Gasteiger partial charge in [-0.05, 0) is 38.0 Å². The lowest BCUT2D eigenvalue weighted by molar-refractivity contribution is -0.126. The molecule has 1 fully saturated rings. The molecule has 4 nitrogen and oxygen atoms in total. The van der Waals surface area contributed by atoms with E-state index in [2.05, 4.69) is 29.3 Å². The Morgan fingerprint density at radius 1 is 1.32 bits per heavy atom. The Hall–Kier alpha value is -2.12. The van der Waals surface area contributed by atoms with Crippen LogP contribution in [0.25, 0.3) is 5.70 Å². The molecule has 3 rings (SSSR count). The largest absolute Gasteiger partial charge is 0.325 e. The quantitative estimate of drug-likeness (QED) is 0.911. The maximum absolute atomic E-state index is 12.4. The zero-order valence-corrected chi connectivity index (χ0v) is 12.9. The molecule has 2 aliphatic rings. The molecule has 114 valence electrons. The van der Waals surface area contributed by atoms with Crippen LogP contribution >= 0.6 is 0 Å². The van der Waals surface area contributed by atoms with Crippen molar-refractivity contribution in [1.82, 2.24) is 10.2 Å². The van der Waals surface area contributed by atoms with Gasteiger partial charge in [0.1, 0.15) is 5.92 Å². The van der Waals surface area contributed by atoms with Gasteiger partial charge in [-0.2, -0.15) is 5.26 Å². The summed E-state index contributed by atoms with van der Waals surface area (Å²) in [6.45, 7) is 5.06. The molecular weight excluding hydrogens is 274 g/mol. The van der Waals surface area contributed by atoms with Crippen LogP contribution in [0.4, 0.5) is 0 Å². The molecule has 2 heterocycles. The summed E-state index contributed by atoms with van der Waals surface area (Å²) in [6.07, 6.45) is 3.87. The number of nitriles is 1. The van der Waals surface area contributed by atoms with Crippen molar-refractivity contribution in [3.05, 3.63) is 42.0 Å². The summed E-state index contributed by atoms with van der Waals surface area (Å²) in [4.78, 5) is 14.8. The highest BCUT2D eigenvalue weighted by Crippen LogP contribution is 2.44. The number of amides is 1. The number of likely N-dealkylation sites (tertiary alicyclic amines) is 1. The predicted octanol–water partition coefficient (Wildman–Crippen LogP) is 2.40. The number of piperidine rings is 1. The number of benzene rings is 1. The van der Waals surface area contributed by atoms with Gasteiger partial charge in [0.25, 0.3) is 0 Å². The number of rotatable bonds is 2. The Labute approximate surface area is 131 Å². The van der Waals surface area contributed by atoms with Crippen molar-refractivity contribution >= 4 is 11.6 Å². The van der Waals surface area contributed by atoms with Crippen molar-refractivity contribution in [2.75, 3.05) is 19.6 Å². The van der Waals surface area contributed by atoms with E-state index < -0.39 is 5.92 Å². The monoisotopic (exact) mass is 295 g/mol. The van der Waals surface area contributed by atoms with E-state index in [1.54, 1.807) is 0 Å². The maximum atomic E-state index is 12.4. The number of hydrogen-bond acceptors (Lipinski definition) is 3. The Balaban J connectivity index is 1.98. The maximum Gasteiger partial charge on any atom is 0.242 e. The lowest BCUT2D eigenvalue weighted by Gasteiger charge is -2.44. The number of hydrogen-bond donors (Lipinski definition) is 1. The van der Waals surface area contributed by atoms with E-state index in [1.807, 2.05) is 30.3 Å². The number of carbonyl (C=O) groups is 1. The zero-order chi connectivity index (χ0) is 15.6. The Kier molecular flexibility index (Phi) is 4.00. The molecule has 0 radical (unpaired) electrons. The van der Waals surface area contributed by atoms with E-state index in [0.717, 1.165) is 43.7 Å². The standard InChI is InChI=1S/C18H21N3O/c1-2-21-10-8-18(9-11-21)12-16(14-6-4-3-5-7-14)20-17(22)15(18)13-19/h3-7,12,15H,2,8-11H2,1H3,(H,20,22). The van der Waals surface area contributed by atoms with Crippen LogP contribution in [-0.4, -0.2) is 30.4 Å². The minimum atomic E-state index is -0.584. The third-order valence-electron chi connectivity index (χ3n) is 4.97. The van der Waals surface area contributed by atoms with Gasteiger partial charge in [-0.1, -0.05) is 43.3 Å². The first-order chi connectivity index (χ1) is 10.7. The van der Waals surface area contributed by atoms with Crippen LogP contribution in [0.1, 0.15) is 25.3 Å². The molecule has 1 saturated heterocycles. The molecule has 1 spiro atoms. The zero-order valence-electron chi connectivity index (χ0n) is 12.9. The molecule has 0 aromatic heterocycles. The fourth-order valence-electron chi connectivity index (χ4n) is 3.55. The van der Waals surface area contributed by atoms with Gasteiger partial charge < -0.3 is 10.2 Å². The second-order valence-electron chi connectivity index (χ2n) is 6.14. The van der Waals surface area contributed by atoms with Crippen LogP contribution in [0.5, 0.6) is 0 Å². The van der Waals surface area contributed by atoms with E-state index in [-0.39, 0.29) is 11.3 Å². The summed E-state index contributed by atoms with van der Waals surface area (Å²) in [6, 6.07) is 12.1. The first-order valence-electron chi connectivity index (χ1n) is 7.89. The minimum absolute atomic E-state index is 0.159.